The minimum Gasteiger partial charge on any atom is -0.484 e. The van der Waals surface area contributed by atoms with Gasteiger partial charge < -0.3 is 20.7 Å². The molecule has 0 atom stereocenters. The summed E-state index contributed by atoms with van der Waals surface area (Å²) < 4.78 is 5.42. The van der Waals surface area contributed by atoms with Gasteiger partial charge in [0.15, 0.2) is 6.61 Å². The molecule has 22 heavy (non-hydrogen) atoms. The van der Waals surface area contributed by atoms with Gasteiger partial charge >= 0.3 is 0 Å². The fraction of sp³-hybridized carbons (Fsp3) is 0.467. The first-order valence-electron chi connectivity index (χ1n) is 6.69. The van der Waals surface area contributed by atoms with E-state index < -0.39 is 5.54 Å². The molecule has 2 amide bonds. The quantitative estimate of drug-likeness (QED) is 0.813. The Labute approximate surface area is 137 Å². The topological polar surface area (TPSA) is 84.7 Å². The van der Waals surface area contributed by atoms with E-state index in [1.54, 1.807) is 40.1 Å². The number of hydrogen-bond acceptors (Lipinski definition) is 4. The second-order valence-corrected chi connectivity index (χ2v) is 5.63. The van der Waals surface area contributed by atoms with Gasteiger partial charge in [0.1, 0.15) is 5.75 Å². The number of nitrogens with one attached hydrogen (secondary N) is 1. The van der Waals surface area contributed by atoms with E-state index in [1.165, 1.54) is 4.90 Å². The van der Waals surface area contributed by atoms with Crippen LogP contribution in [0.15, 0.2) is 24.3 Å². The summed E-state index contributed by atoms with van der Waals surface area (Å²) in [5.74, 6) is 0.249. The maximum Gasteiger partial charge on any atom is 0.259 e. The van der Waals surface area contributed by atoms with Gasteiger partial charge in [0.2, 0.25) is 5.91 Å². The third-order valence-electron chi connectivity index (χ3n) is 2.80. The Morgan fingerprint density at radius 2 is 1.95 bits per heavy atom. The van der Waals surface area contributed by atoms with Gasteiger partial charge in [-0.2, -0.15) is 0 Å². The lowest BCUT2D eigenvalue weighted by Crippen LogP contribution is -2.48. The molecule has 0 aliphatic carbocycles. The standard InChI is InChI=1S/C15H23N3O3.ClH/c1-15(2,16)14(20)17-9-11-6-5-7-12(8-11)21-10-13(19)18(3)4;/h5-8H,9-10,16H2,1-4H3,(H,17,20);1H. The van der Waals surface area contributed by atoms with E-state index in [0.29, 0.717) is 12.3 Å². The van der Waals surface area contributed by atoms with Gasteiger partial charge in [-0.15, -0.1) is 12.4 Å². The molecule has 0 unspecified atom stereocenters. The molecule has 7 heteroatoms. The Bertz CT molecular complexity index is 513. The lowest BCUT2D eigenvalue weighted by Gasteiger charge is -2.18. The van der Waals surface area contributed by atoms with E-state index in [-0.39, 0.29) is 30.8 Å². The zero-order chi connectivity index (χ0) is 16.0. The van der Waals surface area contributed by atoms with Crippen molar-refractivity contribution in [1.29, 1.82) is 0 Å². The number of carbonyl (C=O) groups excluding carboxylic acids is 2. The summed E-state index contributed by atoms with van der Waals surface area (Å²) in [7, 11) is 3.35. The van der Waals surface area contributed by atoms with E-state index in [4.69, 9.17) is 10.5 Å². The Morgan fingerprint density at radius 1 is 1.32 bits per heavy atom. The van der Waals surface area contributed by atoms with Gasteiger partial charge in [-0.1, -0.05) is 12.1 Å². The average Bonchev–Trinajstić information content (AvgIpc) is 2.41. The lowest BCUT2D eigenvalue weighted by molar-refractivity contribution is -0.130. The molecule has 6 nitrogen and oxygen atoms in total. The van der Waals surface area contributed by atoms with Crippen LogP contribution in [0.25, 0.3) is 0 Å². The van der Waals surface area contributed by atoms with E-state index in [0.717, 1.165) is 5.56 Å². The van der Waals surface area contributed by atoms with Crippen molar-refractivity contribution in [3.63, 3.8) is 0 Å². The first-order valence-corrected chi connectivity index (χ1v) is 6.69. The second kappa shape index (κ2) is 8.60. The van der Waals surface area contributed by atoms with Crippen LogP contribution < -0.4 is 15.8 Å². The maximum absolute atomic E-state index is 11.7. The molecular formula is C15H24ClN3O3. The lowest BCUT2D eigenvalue weighted by atomic mass is 10.1. The SMILES string of the molecule is CN(C)C(=O)COc1cccc(CNC(=O)C(C)(C)N)c1.Cl. The third-order valence-corrected chi connectivity index (χ3v) is 2.80. The first kappa shape index (κ1) is 20.2. The number of rotatable bonds is 6. The number of nitrogens with two attached hydrogens (primary N) is 1. The maximum atomic E-state index is 11.7. The van der Waals surface area contributed by atoms with E-state index in [2.05, 4.69) is 5.32 Å². The number of ether oxygens (including phenoxy) is 1. The van der Waals surface area contributed by atoms with Crippen molar-refractivity contribution in [1.82, 2.24) is 10.2 Å². The van der Waals surface area contributed by atoms with Crippen molar-refractivity contribution < 1.29 is 14.3 Å². The van der Waals surface area contributed by atoms with Gasteiger partial charge in [0.05, 0.1) is 5.54 Å². The van der Waals surface area contributed by atoms with Gasteiger partial charge in [0.25, 0.3) is 5.91 Å². The number of carbonyl (C=O) groups is 2. The summed E-state index contributed by atoms with van der Waals surface area (Å²) in [4.78, 5) is 24.6. The minimum atomic E-state index is -0.910. The van der Waals surface area contributed by atoms with Crippen LogP contribution in [0.1, 0.15) is 19.4 Å². The Kier molecular flexibility index (Phi) is 7.90. The molecular weight excluding hydrogens is 306 g/mol. The Morgan fingerprint density at radius 3 is 2.50 bits per heavy atom. The Balaban J connectivity index is 0.00000441. The number of halogens is 1. The number of likely N-dealkylation sites (N-methyl/N-ethyl adjacent to an activating group) is 1. The largest absolute Gasteiger partial charge is 0.484 e. The molecule has 0 aliphatic rings. The summed E-state index contributed by atoms with van der Waals surface area (Å²) in [6, 6.07) is 7.23. The minimum absolute atomic E-state index is 0. The van der Waals surface area contributed by atoms with Gasteiger partial charge in [0, 0.05) is 20.6 Å². The molecule has 0 fully saturated rings. The summed E-state index contributed by atoms with van der Waals surface area (Å²) in [5.41, 5.74) is 5.67. The van der Waals surface area contributed by atoms with E-state index in [1.807, 2.05) is 12.1 Å². The second-order valence-electron chi connectivity index (χ2n) is 5.63. The predicted molar refractivity (Wildman–Crippen MR) is 88.0 cm³/mol. The van der Waals surface area contributed by atoms with Gasteiger partial charge in [-0.05, 0) is 31.5 Å². The zero-order valence-electron chi connectivity index (χ0n) is 13.4. The van der Waals surface area contributed by atoms with Crippen molar-refractivity contribution in [3.05, 3.63) is 29.8 Å². The molecule has 0 saturated heterocycles. The Hall–Kier alpha value is -1.79. The first-order chi connectivity index (χ1) is 9.70. The molecule has 124 valence electrons. The molecule has 3 N–H and O–H groups in total. The van der Waals surface area contributed by atoms with Crippen LogP contribution in [0.3, 0.4) is 0 Å². The number of amides is 2. The smallest absolute Gasteiger partial charge is 0.259 e. The fourth-order valence-electron chi connectivity index (χ4n) is 1.43. The van der Waals surface area contributed by atoms with Crippen LogP contribution >= 0.6 is 12.4 Å². The van der Waals surface area contributed by atoms with Crippen molar-refractivity contribution in [3.8, 4) is 5.75 Å². The molecule has 1 rings (SSSR count). The normalized spacial score (nSPS) is 10.4. The van der Waals surface area contributed by atoms with Gasteiger partial charge in [-0.25, -0.2) is 0 Å². The fourth-order valence-corrected chi connectivity index (χ4v) is 1.43. The summed E-state index contributed by atoms with van der Waals surface area (Å²) in [5, 5.41) is 2.75. The van der Waals surface area contributed by atoms with E-state index >= 15 is 0 Å². The van der Waals surface area contributed by atoms with E-state index in [9.17, 15) is 9.59 Å². The molecule has 0 aliphatic heterocycles. The monoisotopic (exact) mass is 329 g/mol. The number of hydrogen-bond donors (Lipinski definition) is 2. The van der Waals surface area contributed by atoms with Crippen LogP contribution in [0.5, 0.6) is 5.75 Å². The van der Waals surface area contributed by atoms with Crippen LogP contribution in [0, 0.1) is 0 Å². The molecule has 1 aromatic carbocycles. The predicted octanol–water partition coefficient (Wildman–Crippen LogP) is 0.929. The molecule has 0 saturated carbocycles. The van der Waals surface area contributed by atoms with Crippen molar-refractivity contribution in [2.75, 3.05) is 20.7 Å². The molecule has 0 spiro atoms. The average molecular weight is 330 g/mol. The highest BCUT2D eigenvalue weighted by Gasteiger charge is 2.21. The highest BCUT2D eigenvalue weighted by atomic mass is 35.5. The summed E-state index contributed by atoms with van der Waals surface area (Å²) in [6.07, 6.45) is 0. The van der Waals surface area contributed by atoms with Gasteiger partial charge in [-0.3, -0.25) is 9.59 Å². The van der Waals surface area contributed by atoms with Crippen LogP contribution in [-0.2, 0) is 16.1 Å². The molecule has 0 aromatic heterocycles. The van der Waals surface area contributed by atoms with Crippen molar-refractivity contribution >= 4 is 24.2 Å². The highest BCUT2D eigenvalue weighted by Crippen LogP contribution is 2.13. The molecule has 0 bridgehead atoms. The van der Waals surface area contributed by atoms with Crippen molar-refractivity contribution in [2.24, 2.45) is 5.73 Å². The molecule has 1 aromatic rings. The third kappa shape index (κ3) is 6.78. The van der Waals surface area contributed by atoms with Crippen molar-refractivity contribution in [2.45, 2.75) is 25.9 Å². The summed E-state index contributed by atoms with van der Waals surface area (Å²) in [6.45, 7) is 3.64. The van der Waals surface area contributed by atoms with Crippen LogP contribution in [-0.4, -0.2) is 43.0 Å². The number of benzene rings is 1. The number of nitrogens with zero attached hydrogens (tertiary/aromatic N) is 1. The molecule has 0 heterocycles. The van der Waals surface area contributed by atoms with Crippen LogP contribution in [0.2, 0.25) is 0 Å². The summed E-state index contributed by atoms with van der Waals surface area (Å²) >= 11 is 0. The molecule has 0 radical (unpaired) electrons. The van der Waals surface area contributed by atoms with Crippen LogP contribution in [0.4, 0.5) is 0 Å². The zero-order valence-corrected chi connectivity index (χ0v) is 14.2. The highest BCUT2D eigenvalue weighted by molar-refractivity contribution is 5.85.